The Morgan fingerprint density at radius 1 is 1.19 bits per heavy atom. The van der Waals surface area contributed by atoms with Crippen LogP contribution in [0.15, 0.2) is 35.3 Å². The first-order valence-electron chi connectivity index (χ1n) is 9.72. The van der Waals surface area contributed by atoms with Gasteiger partial charge in [0.05, 0.1) is 12.1 Å². The van der Waals surface area contributed by atoms with E-state index in [0.29, 0.717) is 12.1 Å². The van der Waals surface area contributed by atoms with Crippen LogP contribution in [0.3, 0.4) is 0 Å². The zero-order valence-corrected chi connectivity index (χ0v) is 18.2. The lowest BCUT2D eigenvalue weighted by Crippen LogP contribution is -2.43. The van der Waals surface area contributed by atoms with E-state index in [1.807, 2.05) is 7.05 Å². The van der Waals surface area contributed by atoms with E-state index in [4.69, 9.17) is 4.74 Å². The van der Waals surface area contributed by atoms with E-state index in [1.165, 1.54) is 44.3 Å². The molecule has 0 saturated carbocycles. The summed E-state index contributed by atoms with van der Waals surface area (Å²) in [4.78, 5) is 6.96. The van der Waals surface area contributed by atoms with Gasteiger partial charge in [0.25, 0.3) is 0 Å². The molecule has 2 heterocycles. The average molecular weight is 472 g/mol. The van der Waals surface area contributed by atoms with E-state index >= 15 is 0 Å². The lowest BCUT2D eigenvalue weighted by Gasteiger charge is -2.29. The lowest BCUT2D eigenvalue weighted by atomic mass is 10.1. The van der Waals surface area contributed by atoms with Crippen molar-refractivity contribution >= 4 is 29.9 Å². The maximum atomic E-state index is 5.68. The summed E-state index contributed by atoms with van der Waals surface area (Å²) in [6, 6.07) is 11.2. The van der Waals surface area contributed by atoms with Crippen LogP contribution in [-0.2, 0) is 4.74 Å². The molecule has 0 amide bonds. The maximum absolute atomic E-state index is 5.68. The molecule has 2 atom stereocenters. The Balaban J connectivity index is 0.00000243. The standard InChI is InChI=1S/C20H32N4O.HI/c1-21-20(22-12-11-18-10-7-15-25-18)23-16-19(24-13-5-6-14-24)17-8-3-2-4-9-17;/h2-4,8-9,18-19H,5-7,10-16H2,1H3,(H2,21,22,23);1H. The van der Waals surface area contributed by atoms with Crippen LogP contribution in [0.4, 0.5) is 0 Å². The van der Waals surface area contributed by atoms with Gasteiger partial charge in [-0.15, -0.1) is 24.0 Å². The molecule has 26 heavy (non-hydrogen) atoms. The first-order chi connectivity index (χ1) is 12.4. The number of halogens is 1. The Morgan fingerprint density at radius 3 is 2.62 bits per heavy atom. The van der Waals surface area contributed by atoms with E-state index in [9.17, 15) is 0 Å². The fourth-order valence-corrected chi connectivity index (χ4v) is 3.82. The van der Waals surface area contributed by atoms with Crippen molar-refractivity contribution in [2.75, 3.05) is 39.8 Å². The minimum absolute atomic E-state index is 0. The molecule has 3 rings (SSSR count). The first kappa shape index (κ1) is 21.4. The van der Waals surface area contributed by atoms with Gasteiger partial charge in [0.15, 0.2) is 5.96 Å². The third kappa shape index (κ3) is 6.39. The maximum Gasteiger partial charge on any atom is 0.191 e. The molecule has 0 spiro atoms. The van der Waals surface area contributed by atoms with Crippen molar-refractivity contribution in [3.63, 3.8) is 0 Å². The van der Waals surface area contributed by atoms with Gasteiger partial charge < -0.3 is 15.4 Å². The number of nitrogens with zero attached hydrogens (tertiary/aromatic N) is 2. The third-order valence-corrected chi connectivity index (χ3v) is 5.23. The van der Waals surface area contributed by atoms with Crippen LogP contribution in [0.5, 0.6) is 0 Å². The second-order valence-electron chi connectivity index (χ2n) is 6.97. The Bertz CT molecular complexity index is 528. The van der Waals surface area contributed by atoms with Gasteiger partial charge in [-0.05, 0) is 50.8 Å². The number of ether oxygens (including phenoxy) is 1. The van der Waals surface area contributed by atoms with Gasteiger partial charge in [-0.1, -0.05) is 30.3 Å². The van der Waals surface area contributed by atoms with Gasteiger partial charge in [-0.25, -0.2) is 0 Å². The Kier molecular flexibility index (Phi) is 9.71. The first-order valence-corrected chi connectivity index (χ1v) is 9.72. The number of hydrogen-bond acceptors (Lipinski definition) is 3. The number of guanidine groups is 1. The fraction of sp³-hybridized carbons (Fsp3) is 0.650. The zero-order chi connectivity index (χ0) is 17.3. The molecule has 1 aromatic carbocycles. The molecular formula is C20H33IN4O. The van der Waals surface area contributed by atoms with Crippen molar-refractivity contribution < 1.29 is 4.74 Å². The number of rotatable bonds is 7. The van der Waals surface area contributed by atoms with Crippen LogP contribution in [-0.4, -0.2) is 56.8 Å². The summed E-state index contributed by atoms with van der Waals surface area (Å²) in [5, 5.41) is 6.96. The highest BCUT2D eigenvalue weighted by molar-refractivity contribution is 14.0. The average Bonchev–Trinajstić information content (AvgIpc) is 3.35. The lowest BCUT2D eigenvalue weighted by molar-refractivity contribution is 0.105. The monoisotopic (exact) mass is 472 g/mol. The predicted octanol–water partition coefficient (Wildman–Crippen LogP) is 3.18. The second kappa shape index (κ2) is 11.8. The van der Waals surface area contributed by atoms with E-state index in [1.54, 1.807) is 0 Å². The van der Waals surface area contributed by atoms with Crippen LogP contribution in [0, 0.1) is 0 Å². The highest BCUT2D eigenvalue weighted by atomic mass is 127. The number of nitrogens with one attached hydrogen (secondary N) is 2. The molecule has 146 valence electrons. The summed E-state index contributed by atoms with van der Waals surface area (Å²) in [6.07, 6.45) is 6.47. The molecule has 0 bridgehead atoms. The third-order valence-electron chi connectivity index (χ3n) is 5.23. The number of benzene rings is 1. The molecular weight excluding hydrogens is 439 g/mol. The van der Waals surface area contributed by atoms with Crippen molar-refractivity contribution in [1.29, 1.82) is 0 Å². The smallest absolute Gasteiger partial charge is 0.191 e. The van der Waals surface area contributed by atoms with E-state index in [2.05, 4.69) is 50.9 Å². The normalized spacial score (nSPS) is 22.0. The summed E-state index contributed by atoms with van der Waals surface area (Å²) >= 11 is 0. The SMILES string of the molecule is CN=C(NCCC1CCCO1)NCC(c1ccccc1)N1CCCC1.I. The van der Waals surface area contributed by atoms with Crippen LogP contribution in [0.2, 0.25) is 0 Å². The Morgan fingerprint density at radius 2 is 1.96 bits per heavy atom. The Labute approximate surface area is 175 Å². The predicted molar refractivity (Wildman–Crippen MR) is 118 cm³/mol. The summed E-state index contributed by atoms with van der Waals surface area (Å²) < 4.78 is 5.68. The van der Waals surface area contributed by atoms with Gasteiger partial charge in [0.2, 0.25) is 0 Å². The van der Waals surface area contributed by atoms with Crippen LogP contribution in [0.1, 0.15) is 43.7 Å². The van der Waals surface area contributed by atoms with Crippen molar-refractivity contribution in [3.8, 4) is 0 Å². The molecule has 2 N–H and O–H groups in total. The summed E-state index contributed by atoms with van der Waals surface area (Å²) in [5.41, 5.74) is 1.38. The molecule has 2 aliphatic rings. The Hall–Kier alpha value is -0.860. The van der Waals surface area contributed by atoms with Crippen LogP contribution in [0.25, 0.3) is 0 Å². The van der Waals surface area contributed by atoms with Gasteiger partial charge in [0.1, 0.15) is 0 Å². The number of aliphatic imine (C=N–C) groups is 1. The zero-order valence-electron chi connectivity index (χ0n) is 15.8. The molecule has 6 heteroatoms. The van der Waals surface area contributed by atoms with Gasteiger partial charge in [-0.3, -0.25) is 9.89 Å². The largest absolute Gasteiger partial charge is 0.378 e. The second-order valence-corrected chi connectivity index (χ2v) is 6.97. The topological polar surface area (TPSA) is 48.9 Å². The van der Waals surface area contributed by atoms with Crippen molar-refractivity contribution in [3.05, 3.63) is 35.9 Å². The van der Waals surface area contributed by atoms with Crippen molar-refractivity contribution in [2.24, 2.45) is 4.99 Å². The summed E-state index contributed by atoms with van der Waals surface area (Å²) in [6.45, 7) is 5.08. The van der Waals surface area contributed by atoms with Crippen LogP contribution < -0.4 is 10.6 Å². The molecule has 2 saturated heterocycles. The van der Waals surface area contributed by atoms with Crippen molar-refractivity contribution in [2.45, 2.75) is 44.2 Å². The summed E-state index contributed by atoms with van der Waals surface area (Å²) in [7, 11) is 1.84. The number of hydrogen-bond donors (Lipinski definition) is 2. The van der Waals surface area contributed by atoms with E-state index in [0.717, 1.165) is 32.1 Å². The quantitative estimate of drug-likeness (QED) is 0.364. The molecule has 0 aliphatic carbocycles. The van der Waals surface area contributed by atoms with Gasteiger partial charge >= 0.3 is 0 Å². The molecule has 1 aromatic rings. The molecule has 2 unspecified atom stereocenters. The van der Waals surface area contributed by atoms with Crippen molar-refractivity contribution in [1.82, 2.24) is 15.5 Å². The van der Waals surface area contributed by atoms with Gasteiger partial charge in [-0.2, -0.15) is 0 Å². The molecule has 2 fully saturated rings. The minimum Gasteiger partial charge on any atom is -0.378 e. The van der Waals surface area contributed by atoms with Crippen LogP contribution >= 0.6 is 24.0 Å². The van der Waals surface area contributed by atoms with Gasteiger partial charge in [0, 0.05) is 26.7 Å². The fourth-order valence-electron chi connectivity index (χ4n) is 3.82. The number of likely N-dealkylation sites (tertiary alicyclic amines) is 1. The van der Waals surface area contributed by atoms with E-state index < -0.39 is 0 Å². The molecule has 2 aliphatic heterocycles. The van der Waals surface area contributed by atoms with E-state index in [-0.39, 0.29) is 24.0 Å². The molecule has 0 aromatic heterocycles. The highest BCUT2D eigenvalue weighted by Crippen LogP contribution is 2.24. The molecule has 0 radical (unpaired) electrons. The highest BCUT2D eigenvalue weighted by Gasteiger charge is 2.23. The molecule has 5 nitrogen and oxygen atoms in total. The summed E-state index contributed by atoms with van der Waals surface area (Å²) in [5.74, 6) is 0.887. The minimum atomic E-state index is 0.